The largest absolute Gasteiger partial charge is 0.462 e. The van der Waals surface area contributed by atoms with Gasteiger partial charge in [0.1, 0.15) is 5.82 Å². The van der Waals surface area contributed by atoms with Gasteiger partial charge in [-0.05, 0) is 50.2 Å². The molecule has 1 heterocycles. The molecule has 0 saturated heterocycles. The number of amides is 1. The molecule has 0 saturated carbocycles. The third-order valence-electron chi connectivity index (χ3n) is 3.99. The number of pyridine rings is 1. The number of anilines is 3. The van der Waals surface area contributed by atoms with Crippen LogP contribution < -0.4 is 10.6 Å². The lowest BCUT2D eigenvalue weighted by atomic mass is 10.1. The zero-order valence-corrected chi connectivity index (χ0v) is 15.7. The summed E-state index contributed by atoms with van der Waals surface area (Å²) in [6.45, 7) is 4.01. The van der Waals surface area contributed by atoms with Crippen molar-refractivity contribution in [3.63, 3.8) is 0 Å². The summed E-state index contributed by atoms with van der Waals surface area (Å²) in [6.07, 6.45) is 1.59. The lowest BCUT2D eigenvalue weighted by Gasteiger charge is -2.11. The molecule has 28 heavy (non-hydrogen) atoms. The van der Waals surface area contributed by atoms with Crippen molar-refractivity contribution in [2.24, 2.45) is 0 Å². The molecule has 3 rings (SSSR count). The van der Waals surface area contributed by atoms with Crippen molar-refractivity contribution >= 4 is 29.1 Å². The minimum absolute atomic E-state index is 0.218. The van der Waals surface area contributed by atoms with Crippen molar-refractivity contribution in [1.29, 1.82) is 0 Å². The predicted octanol–water partition coefficient (Wildman–Crippen LogP) is 4.56. The Morgan fingerprint density at radius 1 is 1.04 bits per heavy atom. The summed E-state index contributed by atoms with van der Waals surface area (Å²) in [7, 11) is 0. The number of esters is 1. The zero-order chi connectivity index (χ0) is 19.9. The summed E-state index contributed by atoms with van der Waals surface area (Å²) in [6, 6.07) is 17.9. The first-order chi connectivity index (χ1) is 13.6. The van der Waals surface area contributed by atoms with E-state index in [1.165, 1.54) is 0 Å². The molecule has 0 atom stereocenters. The van der Waals surface area contributed by atoms with Crippen molar-refractivity contribution in [1.82, 2.24) is 4.98 Å². The molecule has 3 aromatic rings. The Bertz CT molecular complexity index is 984. The van der Waals surface area contributed by atoms with E-state index in [1.54, 1.807) is 49.5 Å². The van der Waals surface area contributed by atoms with Crippen molar-refractivity contribution in [3.05, 3.63) is 83.6 Å². The smallest absolute Gasteiger partial charge is 0.340 e. The van der Waals surface area contributed by atoms with Crippen molar-refractivity contribution in [2.45, 2.75) is 13.8 Å². The quantitative estimate of drug-likeness (QED) is 0.617. The van der Waals surface area contributed by atoms with E-state index in [1.807, 2.05) is 31.2 Å². The van der Waals surface area contributed by atoms with Gasteiger partial charge in [-0.25, -0.2) is 9.78 Å². The molecular formula is C22H21N3O3. The Hall–Kier alpha value is -3.67. The highest BCUT2D eigenvalue weighted by Crippen LogP contribution is 2.22. The number of hydrogen-bond acceptors (Lipinski definition) is 5. The van der Waals surface area contributed by atoms with Crippen LogP contribution in [-0.4, -0.2) is 23.5 Å². The number of rotatable bonds is 6. The van der Waals surface area contributed by atoms with Gasteiger partial charge in [0.15, 0.2) is 0 Å². The van der Waals surface area contributed by atoms with Gasteiger partial charge in [-0.15, -0.1) is 0 Å². The number of carbonyl (C=O) groups is 2. The highest BCUT2D eigenvalue weighted by atomic mass is 16.5. The van der Waals surface area contributed by atoms with Crippen molar-refractivity contribution in [3.8, 4) is 0 Å². The van der Waals surface area contributed by atoms with E-state index in [9.17, 15) is 9.59 Å². The second-order valence-electron chi connectivity index (χ2n) is 6.15. The first kappa shape index (κ1) is 19.1. The van der Waals surface area contributed by atoms with Crippen LogP contribution in [0.4, 0.5) is 17.2 Å². The fraction of sp³-hybridized carbons (Fsp3) is 0.136. The Morgan fingerprint density at radius 3 is 2.57 bits per heavy atom. The van der Waals surface area contributed by atoms with Crippen LogP contribution in [-0.2, 0) is 4.74 Å². The lowest BCUT2D eigenvalue weighted by Crippen LogP contribution is -2.13. The van der Waals surface area contributed by atoms with Crippen LogP contribution in [0.3, 0.4) is 0 Å². The van der Waals surface area contributed by atoms with Crippen LogP contribution in [0, 0.1) is 6.92 Å². The third-order valence-corrected chi connectivity index (χ3v) is 3.99. The minimum Gasteiger partial charge on any atom is -0.462 e. The number of aromatic nitrogens is 1. The third kappa shape index (κ3) is 4.73. The topological polar surface area (TPSA) is 80.3 Å². The molecule has 0 unspecified atom stereocenters. The van der Waals surface area contributed by atoms with Crippen molar-refractivity contribution in [2.75, 3.05) is 17.2 Å². The first-order valence-electron chi connectivity index (χ1n) is 8.94. The molecule has 0 radical (unpaired) electrons. The molecule has 0 bridgehead atoms. The van der Waals surface area contributed by atoms with E-state index < -0.39 is 0 Å². The Balaban J connectivity index is 1.70. The molecule has 0 aliphatic rings. The summed E-state index contributed by atoms with van der Waals surface area (Å²) in [4.78, 5) is 28.6. The van der Waals surface area contributed by atoms with Gasteiger partial charge in [0.05, 0.1) is 29.7 Å². The molecule has 142 valence electrons. The molecule has 6 nitrogen and oxygen atoms in total. The summed E-state index contributed by atoms with van der Waals surface area (Å²) in [5.41, 5.74) is 3.35. The van der Waals surface area contributed by atoms with E-state index in [-0.39, 0.29) is 11.9 Å². The van der Waals surface area contributed by atoms with Gasteiger partial charge >= 0.3 is 5.97 Å². The molecule has 6 heteroatoms. The van der Waals surface area contributed by atoms with Crippen LogP contribution in [0.1, 0.15) is 33.2 Å². The maximum atomic E-state index is 12.3. The lowest BCUT2D eigenvalue weighted by molar-refractivity contribution is 0.0527. The molecule has 2 aromatic carbocycles. The van der Waals surface area contributed by atoms with Gasteiger partial charge < -0.3 is 15.4 Å². The van der Waals surface area contributed by atoms with E-state index in [2.05, 4.69) is 15.6 Å². The van der Waals surface area contributed by atoms with Gasteiger partial charge in [-0.1, -0.05) is 29.8 Å². The molecular weight excluding hydrogens is 354 g/mol. The fourth-order valence-corrected chi connectivity index (χ4v) is 2.65. The van der Waals surface area contributed by atoms with Crippen LogP contribution in [0.5, 0.6) is 0 Å². The monoisotopic (exact) mass is 375 g/mol. The highest BCUT2D eigenvalue weighted by Gasteiger charge is 2.12. The number of carbonyl (C=O) groups excluding carboxylic acids is 2. The van der Waals surface area contributed by atoms with Crippen LogP contribution in [0.2, 0.25) is 0 Å². The molecule has 0 aliphatic heterocycles. The molecule has 1 amide bonds. The van der Waals surface area contributed by atoms with Crippen LogP contribution in [0.15, 0.2) is 66.9 Å². The Kier molecular flexibility index (Phi) is 6.01. The average Bonchev–Trinajstić information content (AvgIpc) is 2.70. The predicted molar refractivity (Wildman–Crippen MR) is 109 cm³/mol. The molecule has 0 aliphatic carbocycles. The van der Waals surface area contributed by atoms with E-state index in [0.717, 1.165) is 5.56 Å². The SMILES string of the molecule is CCOC(=O)c1ccccc1Nc1ccc(NC(=O)c2cccc(C)c2)nc1. The molecule has 0 fully saturated rings. The normalized spacial score (nSPS) is 10.2. The summed E-state index contributed by atoms with van der Waals surface area (Å²) in [5.74, 6) is -0.166. The maximum absolute atomic E-state index is 12.3. The summed E-state index contributed by atoms with van der Waals surface area (Å²) < 4.78 is 5.08. The fourth-order valence-electron chi connectivity index (χ4n) is 2.65. The first-order valence-corrected chi connectivity index (χ1v) is 8.94. The number of hydrogen-bond donors (Lipinski definition) is 2. The molecule has 1 aromatic heterocycles. The van der Waals surface area contributed by atoms with E-state index in [0.29, 0.717) is 34.9 Å². The Morgan fingerprint density at radius 2 is 1.86 bits per heavy atom. The number of nitrogens with zero attached hydrogens (tertiary/aromatic N) is 1. The number of nitrogens with one attached hydrogen (secondary N) is 2. The summed E-state index contributed by atoms with van der Waals surface area (Å²) in [5, 5.41) is 5.93. The van der Waals surface area contributed by atoms with Crippen LogP contribution in [0.25, 0.3) is 0 Å². The number of para-hydroxylation sites is 1. The molecule has 2 N–H and O–H groups in total. The van der Waals surface area contributed by atoms with E-state index >= 15 is 0 Å². The standard InChI is InChI=1S/C22H21N3O3/c1-3-28-22(27)18-9-4-5-10-19(18)24-17-11-12-20(23-14-17)25-21(26)16-8-6-7-15(2)13-16/h4-14,24H,3H2,1-2H3,(H,23,25,26). The second-order valence-corrected chi connectivity index (χ2v) is 6.15. The average molecular weight is 375 g/mol. The van der Waals surface area contributed by atoms with Gasteiger partial charge in [0.25, 0.3) is 5.91 Å². The zero-order valence-electron chi connectivity index (χ0n) is 15.7. The van der Waals surface area contributed by atoms with Gasteiger partial charge in [-0.2, -0.15) is 0 Å². The second kappa shape index (κ2) is 8.81. The number of ether oxygens (including phenoxy) is 1. The maximum Gasteiger partial charge on any atom is 0.340 e. The van der Waals surface area contributed by atoms with Gasteiger partial charge in [0.2, 0.25) is 0 Å². The van der Waals surface area contributed by atoms with Crippen molar-refractivity contribution < 1.29 is 14.3 Å². The summed E-state index contributed by atoms with van der Waals surface area (Å²) >= 11 is 0. The minimum atomic E-state index is -0.388. The highest BCUT2D eigenvalue weighted by molar-refractivity contribution is 6.04. The van der Waals surface area contributed by atoms with Gasteiger partial charge in [0, 0.05) is 5.56 Å². The number of aryl methyl sites for hydroxylation is 1. The van der Waals surface area contributed by atoms with E-state index in [4.69, 9.17) is 4.74 Å². The van der Waals surface area contributed by atoms with Crippen LogP contribution >= 0.6 is 0 Å². The number of benzene rings is 2. The Labute approximate surface area is 163 Å². The van der Waals surface area contributed by atoms with Gasteiger partial charge in [-0.3, -0.25) is 4.79 Å². The molecule has 0 spiro atoms.